The van der Waals surface area contributed by atoms with E-state index < -0.39 is 17.6 Å². The number of aliphatic hydroxyl groups excluding tert-OH is 1. The van der Waals surface area contributed by atoms with Crippen LogP contribution in [0.2, 0.25) is 0 Å². The lowest BCUT2D eigenvalue weighted by atomic mass is 9.77. The molecule has 2 aromatic rings. The number of rotatable bonds is 5. The normalized spacial score (nSPS) is 16.6. The molecule has 0 radical (unpaired) electrons. The average Bonchev–Trinajstić information content (AvgIpc) is 2.54. The summed E-state index contributed by atoms with van der Waals surface area (Å²) in [6.45, 7) is 5.27. The Morgan fingerprint density at radius 1 is 1.23 bits per heavy atom. The first kappa shape index (κ1) is 16.3. The van der Waals surface area contributed by atoms with E-state index in [1.807, 2.05) is 43.3 Å². The molecule has 3 atom stereocenters. The molecule has 0 amide bonds. The summed E-state index contributed by atoms with van der Waals surface area (Å²) in [4.78, 5) is 16.9. The summed E-state index contributed by atoms with van der Waals surface area (Å²) in [6.07, 6.45) is 0.762. The summed E-state index contributed by atoms with van der Waals surface area (Å²) in [5, 5.41) is 10.5. The Morgan fingerprint density at radius 3 is 2.45 bits per heavy atom. The standard InChI is InChI=1S/C18H22N2O2/c1-12-8-7-11-20-15(12)17(22)18(3,19)13(2)16(21)14-9-5-4-6-10-14/h4-11,13,16,21H,19H2,1-3H3. The first-order chi connectivity index (χ1) is 10.4. The summed E-state index contributed by atoms with van der Waals surface area (Å²) in [5.41, 5.74) is 6.97. The maximum atomic E-state index is 12.8. The molecule has 3 N–H and O–H groups in total. The number of aromatic nitrogens is 1. The SMILES string of the molecule is Cc1cccnc1C(=O)C(C)(N)C(C)C(O)c1ccccc1. The monoisotopic (exact) mass is 298 g/mol. The number of hydrogen-bond acceptors (Lipinski definition) is 4. The Labute approximate surface area is 131 Å². The van der Waals surface area contributed by atoms with Crippen LogP contribution in [0.1, 0.15) is 41.6 Å². The number of hydrogen-bond donors (Lipinski definition) is 2. The zero-order valence-electron chi connectivity index (χ0n) is 13.2. The first-order valence-electron chi connectivity index (χ1n) is 7.34. The van der Waals surface area contributed by atoms with Crippen LogP contribution in [0.4, 0.5) is 0 Å². The topological polar surface area (TPSA) is 76.2 Å². The molecule has 2 rings (SSSR count). The number of Topliss-reactive ketones (excluding diaryl/α,β-unsaturated/α-hetero) is 1. The van der Waals surface area contributed by atoms with E-state index in [4.69, 9.17) is 5.73 Å². The highest BCUT2D eigenvalue weighted by atomic mass is 16.3. The lowest BCUT2D eigenvalue weighted by Gasteiger charge is -2.33. The molecule has 0 saturated carbocycles. The molecule has 0 bridgehead atoms. The van der Waals surface area contributed by atoms with Crippen LogP contribution < -0.4 is 5.73 Å². The summed E-state index contributed by atoms with van der Waals surface area (Å²) in [6, 6.07) is 12.8. The third kappa shape index (κ3) is 3.08. The van der Waals surface area contributed by atoms with E-state index in [0.717, 1.165) is 11.1 Å². The summed E-state index contributed by atoms with van der Waals surface area (Å²) in [7, 11) is 0. The fraction of sp³-hybridized carbons (Fsp3) is 0.333. The molecule has 0 fully saturated rings. The molecular formula is C18H22N2O2. The van der Waals surface area contributed by atoms with E-state index in [9.17, 15) is 9.90 Å². The van der Waals surface area contributed by atoms with Crippen LogP contribution in [-0.4, -0.2) is 21.4 Å². The molecule has 0 aliphatic carbocycles. The highest BCUT2D eigenvalue weighted by Crippen LogP contribution is 2.31. The molecular weight excluding hydrogens is 276 g/mol. The zero-order chi connectivity index (χ0) is 16.3. The second kappa shape index (κ2) is 6.38. The lowest BCUT2D eigenvalue weighted by molar-refractivity contribution is 0.0563. The predicted octanol–water partition coefficient (Wildman–Crippen LogP) is 2.66. The quantitative estimate of drug-likeness (QED) is 0.832. The van der Waals surface area contributed by atoms with Gasteiger partial charge in [-0.15, -0.1) is 0 Å². The molecule has 1 heterocycles. The average molecular weight is 298 g/mol. The molecule has 0 aliphatic rings. The number of ketones is 1. The maximum absolute atomic E-state index is 12.8. The molecule has 4 nitrogen and oxygen atoms in total. The first-order valence-corrected chi connectivity index (χ1v) is 7.34. The van der Waals surface area contributed by atoms with Gasteiger partial charge in [-0.3, -0.25) is 9.78 Å². The lowest BCUT2D eigenvalue weighted by Crippen LogP contribution is -2.52. The van der Waals surface area contributed by atoms with Crippen LogP contribution in [0.25, 0.3) is 0 Å². The van der Waals surface area contributed by atoms with Crippen LogP contribution in [0, 0.1) is 12.8 Å². The predicted molar refractivity (Wildman–Crippen MR) is 86.5 cm³/mol. The maximum Gasteiger partial charge on any atom is 0.201 e. The number of carbonyl (C=O) groups is 1. The third-order valence-electron chi connectivity index (χ3n) is 4.27. The van der Waals surface area contributed by atoms with Gasteiger partial charge >= 0.3 is 0 Å². The van der Waals surface area contributed by atoms with Crippen molar-refractivity contribution >= 4 is 5.78 Å². The number of benzene rings is 1. The Hall–Kier alpha value is -2.04. The van der Waals surface area contributed by atoms with Gasteiger partial charge in [-0.1, -0.05) is 43.3 Å². The van der Waals surface area contributed by atoms with E-state index in [1.165, 1.54) is 0 Å². The highest BCUT2D eigenvalue weighted by Gasteiger charge is 2.40. The van der Waals surface area contributed by atoms with Gasteiger partial charge in [-0.25, -0.2) is 0 Å². The van der Waals surface area contributed by atoms with Crippen LogP contribution >= 0.6 is 0 Å². The van der Waals surface area contributed by atoms with Gasteiger partial charge in [0, 0.05) is 12.1 Å². The fourth-order valence-corrected chi connectivity index (χ4v) is 2.45. The molecule has 0 aliphatic heterocycles. The van der Waals surface area contributed by atoms with Crippen molar-refractivity contribution in [1.29, 1.82) is 0 Å². The van der Waals surface area contributed by atoms with Gasteiger partial charge in [0.05, 0.1) is 11.6 Å². The van der Waals surface area contributed by atoms with E-state index in [-0.39, 0.29) is 5.78 Å². The number of pyridine rings is 1. The minimum absolute atomic E-state index is 0.256. The van der Waals surface area contributed by atoms with Crippen LogP contribution in [0.3, 0.4) is 0 Å². The van der Waals surface area contributed by atoms with Crippen molar-refractivity contribution in [3.05, 3.63) is 65.5 Å². The number of nitrogens with two attached hydrogens (primary N) is 1. The van der Waals surface area contributed by atoms with Crippen molar-refractivity contribution < 1.29 is 9.90 Å². The van der Waals surface area contributed by atoms with E-state index in [0.29, 0.717) is 5.69 Å². The Kier molecular flexibility index (Phi) is 4.74. The molecule has 3 unspecified atom stereocenters. The molecule has 116 valence electrons. The van der Waals surface area contributed by atoms with Gasteiger partial charge in [-0.05, 0) is 31.0 Å². The van der Waals surface area contributed by atoms with Crippen molar-refractivity contribution in [1.82, 2.24) is 4.98 Å². The molecule has 22 heavy (non-hydrogen) atoms. The van der Waals surface area contributed by atoms with Gasteiger partial charge in [0.2, 0.25) is 5.78 Å². The van der Waals surface area contributed by atoms with Gasteiger partial charge < -0.3 is 10.8 Å². The second-order valence-corrected chi connectivity index (χ2v) is 5.92. The van der Waals surface area contributed by atoms with Crippen LogP contribution in [-0.2, 0) is 0 Å². The molecule has 1 aromatic carbocycles. The van der Waals surface area contributed by atoms with Crippen molar-refractivity contribution in [2.75, 3.05) is 0 Å². The fourth-order valence-electron chi connectivity index (χ4n) is 2.45. The van der Waals surface area contributed by atoms with Gasteiger partial charge in [0.1, 0.15) is 5.69 Å². The minimum atomic E-state index is -1.21. The van der Waals surface area contributed by atoms with Gasteiger partial charge in [0.25, 0.3) is 0 Å². The molecule has 1 aromatic heterocycles. The highest BCUT2D eigenvalue weighted by molar-refractivity contribution is 6.02. The Bertz CT molecular complexity index is 653. The van der Waals surface area contributed by atoms with E-state index >= 15 is 0 Å². The van der Waals surface area contributed by atoms with E-state index in [1.54, 1.807) is 26.1 Å². The second-order valence-electron chi connectivity index (χ2n) is 5.92. The summed E-state index contributed by atoms with van der Waals surface area (Å²) < 4.78 is 0. The smallest absolute Gasteiger partial charge is 0.201 e. The van der Waals surface area contributed by atoms with Crippen LogP contribution in [0.5, 0.6) is 0 Å². The third-order valence-corrected chi connectivity index (χ3v) is 4.27. The van der Waals surface area contributed by atoms with Gasteiger partial charge in [0.15, 0.2) is 0 Å². The minimum Gasteiger partial charge on any atom is -0.388 e. The number of aliphatic hydroxyl groups is 1. The summed E-state index contributed by atoms with van der Waals surface area (Å²) >= 11 is 0. The van der Waals surface area contributed by atoms with Crippen molar-refractivity contribution in [2.45, 2.75) is 32.4 Å². The van der Waals surface area contributed by atoms with Crippen molar-refractivity contribution in [3.8, 4) is 0 Å². The zero-order valence-corrected chi connectivity index (χ0v) is 13.2. The number of nitrogens with zero attached hydrogens (tertiary/aromatic N) is 1. The number of carbonyl (C=O) groups excluding carboxylic acids is 1. The number of aryl methyl sites for hydroxylation is 1. The molecule has 0 spiro atoms. The van der Waals surface area contributed by atoms with Gasteiger partial charge in [-0.2, -0.15) is 0 Å². The van der Waals surface area contributed by atoms with Crippen LogP contribution in [0.15, 0.2) is 48.7 Å². The molecule has 0 saturated heterocycles. The van der Waals surface area contributed by atoms with E-state index in [2.05, 4.69) is 4.98 Å². The Balaban J connectivity index is 2.29. The molecule has 4 heteroatoms. The van der Waals surface area contributed by atoms with Crippen molar-refractivity contribution in [3.63, 3.8) is 0 Å². The Morgan fingerprint density at radius 2 is 1.86 bits per heavy atom. The largest absolute Gasteiger partial charge is 0.388 e. The van der Waals surface area contributed by atoms with Crippen molar-refractivity contribution in [2.24, 2.45) is 11.7 Å². The summed E-state index contributed by atoms with van der Waals surface area (Å²) in [5.74, 6) is -0.711.